The first-order valence-electron chi connectivity index (χ1n) is 8.25. The molecule has 0 spiro atoms. The standard InChI is InChI=1S/C20H21ClN4O/c1-26-13-12-25-20(23)16(19(24-25)15-10-6-3-7-11-15)17(21)18(22)14-8-4-2-5-9-14/h2-11H,12-13,22-23H2,1H3/b18-17+. The lowest BCUT2D eigenvalue weighted by Crippen LogP contribution is -2.09. The predicted molar refractivity (Wildman–Crippen MR) is 107 cm³/mol. The second-order valence-electron chi connectivity index (χ2n) is 5.78. The summed E-state index contributed by atoms with van der Waals surface area (Å²) in [5.74, 6) is 0.463. The van der Waals surface area contributed by atoms with Gasteiger partial charge in [0.1, 0.15) is 11.5 Å². The van der Waals surface area contributed by atoms with E-state index in [9.17, 15) is 0 Å². The zero-order valence-corrected chi connectivity index (χ0v) is 15.3. The summed E-state index contributed by atoms with van der Waals surface area (Å²) in [6.07, 6.45) is 0. The van der Waals surface area contributed by atoms with E-state index in [4.69, 9.17) is 27.8 Å². The Morgan fingerprint density at radius 3 is 2.31 bits per heavy atom. The molecule has 0 aliphatic heterocycles. The minimum absolute atomic E-state index is 0.385. The van der Waals surface area contributed by atoms with E-state index in [1.54, 1.807) is 11.8 Å². The van der Waals surface area contributed by atoms with Crippen molar-refractivity contribution in [2.45, 2.75) is 6.54 Å². The molecule has 0 amide bonds. The van der Waals surface area contributed by atoms with Gasteiger partial charge < -0.3 is 16.2 Å². The van der Waals surface area contributed by atoms with Crippen molar-refractivity contribution in [3.63, 3.8) is 0 Å². The van der Waals surface area contributed by atoms with Crippen LogP contribution in [0.1, 0.15) is 11.1 Å². The van der Waals surface area contributed by atoms with E-state index >= 15 is 0 Å². The highest BCUT2D eigenvalue weighted by molar-refractivity contribution is 6.53. The fourth-order valence-electron chi connectivity index (χ4n) is 2.72. The van der Waals surface area contributed by atoms with E-state index in [-0.39, 0.29) is 0 Å². The van der Waals surface area contributed by atoms with Gasteiger partial charge in [0.2, 0.25) is 0 Å². The summed E-state index contributed by atoms with van der Waals surface area (Å²) in [7, 11) is 1.64. The van der Waals surface area contributed by atoms with Crippen molar-refractivity contribution in [2.75, 3.05) is 19.5 Å². The molecule has 134 valence electrons. The Morgan fingerprint density at radius 2 is 1.69 bits per heavy atom. The van der Waals surface area contributed by atoms with Crippen LogP contribution in [0.5, 0.6) is 0 Å². The normalized spacial score (nSPS) is 12.1. The van der Waals surface area contributed by atoms with Crippen LogP contribution in [-0.4, -0.2) is 23.5 Å². The van der Waals surface area contributed by atoms with Gasteiger partial charge in [-0.25, -0.2) is 4.68 Å². The van der Waals surface area contributed by atoms with E-state index in [0.29, 0.717) is 41.0 Å². The molecule has 3 aromatic rings. The monoisotopic (exact) mass is 368 g/mol. The van der Waals surface area contributed by atoms with Gasteiger partial charge in [0.15, 0.2) is 0 Å². The molecular formula is C20H21ClN4O. The number of anilines is 1. The summed E-state index contributed by atoms with van der Waals surface area (Å²) in [6.45, 7) is 1.02. The van der Waals surface area contributed by atoms with Crippen molar-refractivity contribution in [2.24, 2.45) is 5.73 Å². The fourth-order valence-corrected chi connectivity index (χ4v) is 3.01. The van der Waals surface area contributed by atoms with Crippen LogP contribution < -0.4 is 11.5 Å². The molecule has 1 aromatic heterocycles. The molecule has 6 heteroatoms. The van der Waals surface area contributed by atoms with Gasteiger partial charge in [0.25, 0.3) is 0 Å². The van der Waals surface area contributed by atoms with Gasteiger partial charge in [0, 0.05) is 12.7 Å². The summed E-state index contributed by atoms with van der Waals surface area (Å²) in [6, 6.07) is 19.3. The van der Waals surface area contributed by atoms with Crippen molar-refractivity contribution >= 4 is 28.1 Å². The summed E-state index contributed by atoms with van der Waals surface area (Å²) in [5.41, 5.74) is 16.2. The number of ether oxygens (including phenoxy) is 1. The molecule has 2 aromatic carbocycles. The Kier molecular flexibility index (Phi) is 5.61. The van der Waals surface area contributed by atoms with Crippen LogP contribution >= 0.6 is 11.6 Å². The van der Waals surface area contributed by atoms with Crippen molar-refractivity contribution < 1.29 is 4.74 Å². The number of aromatic nitrogens is 2. The van der Waals surface area contributed by atoms with Crippen LogP contribution in [0.3, 0.4) is 0 Å². The average molecular weight is 369 g/mol. The SMILES string of the molecule is COCCn1nc(-c2ccccc2)c(/C(Cl)=C(\N)c2ccccc2)c1N. The molecule has 0 saturated heterocycles. The van der Waals surface area contributed by atoms with Crippen LogP contribution in [0.15, 0.2) is 60.7 Å². The Morgan fingerprint density at radius 1 is 1.08 bits per heavy atom. The molecule has 0 fully saturated rings. The van der Waals surface area contributed by atoms with Crippen LogP contribution in [0, 0.1) is 0 Å². The number of benzene rings is 2. The number of nitrogens with zero attached hydrogens (tertiary/aromatic N) is 2. The maximum Gasteiger partial charge on any atom is 0.131 e. The first-order chi connectivity index (χ1) is 12.6. The molecule has 0 aliphatic carbocycles. The van der Waals surface area contributed by atoms with Gasteiger partial charge in [-0.2, -0.15) is 5.10 Å². The van der Waals surface area contributed by atoms with E-state index in [2.05, 4.69) is 5.10 Å². The maximum absolute atomic E-state index is 6.69. The Bertz CT molecular complexity index is 904. The number of nitrogens with two attached hydrogens (primary N) is 2. The number of hydrogen-bond donors (Lipinski definition) is 2. The lowest BCUT2D eigenvalue weighted by atomic mass is 10.0. The molecule has 0 radical (unpaired) electrons. The summed E-state index contributed by atoms with van der Waals surface area (Å²) in [5, 5.41) is 5.04. The van der Waals surface area contributed by atoms with E-state index in [0.717, 1.165) is 11.1 Å². The first kappa shape index (κ1) is 18.0. The van der Waals surface area contributed by atoms with Crippen molar-refractivity contribution in [3.05, 3.63) is 71.8 Å². The number of rotatable bonds is 6. The third kappa shape index (κ3) is 3.59. The van der Waals surface area contributed by atoms with Gasteiger partial charge in [-0.1, -0.05) is 72.3 Å². The highest BCUT2D eigenvalue weighted by Gasteiger charge is 2.21. The van der Waals surface area contributed by atoms with E-state index in [1.807, 2.05) is 60.7 Å². The molecule has 1 heterocycles. The van der Waals surface area contributed by atoms with Gasteiger partial charge in [-0.15, -0.1) is 0 Å². The summed E-state index contributed by atoms with van der Waals surface area (Å²) in [4.78, 5) is 0. The van der Waals surface area contributed by atoms with Crippen molar-refractivity contribution in [1.82, 2.24) is 9.78 Å². The highest BCUT2D eigenvalue weighted by Crippen LogP contribution is 2.37. The molecule has 4 N–H and O–H groups in total. The zero-order valence-electron chi connectivity index (χ0n) is 14.5. The van der Waals surface area contributed by atoms with Gasteiger partial charge in [0.05, 0.1) is 29.4 Å². The van der Waals surface area contributed by atoms with Crippen LogP contribution in [0.4, 0.5) is 5.82 Å². The summed E-state index contributed by atoms with van der Waals surface area (Å²) < 4.78 is 6.84. The van der Waals surface area contributed by atoms with E-state index in [1.165, 1.54) is 0 Å². The minimum Gasteiger partial charge on any atom is -0.397 e. The maximum atomic E-state index is 6.69. The third-order valence-corrected chi connectivity index (χ3v) is 4.48. The molecule has 5 nitrogen and oxygen atoms in total. The summed E-state index contributed by atoms with van der Waals surface area (Å²) >= 11 is 6.69. The van der Waals surface area contributed by atoms with Gasteiger partial charge in [-0.05, 0) is 5.56 Å². The zero-order chi connectivity index (χ0) is 18.5. The molecule has 26 heavy (non-hydrogen) atoms. The van der Waals surface area contributed by atoms with Gasteiger partial charge >= 0.3 is 0 Å². The smallest absolute Gasteiger partial charge is 0.131 e. The van der Waals surface area contributed by atoms with E-state index < -0.39 is 0 Å². The topological polar surface area (TPSA) is 79.1 Å². The van der Waals surface area contributed by atoms with Crippen molar-refractivity contribution in [3.8, 4) is 11.3 Å². The van der Waals surface area contributed by atoms with Crippen LogP contribution in [0.2, 0.25) is 0 Å². The molecule has 0 saturated carbocycles. The first-order valence-corrected chi connectivity index (χ1v) is 8.63. The Balaban J connectivity index is 2.17. The van der Waals surface area contributed by atoms with Gasteiger partial charge in [-0.3, -0.25) is 0 Å². The third-order valence-electron chi connectivity index (χ3n) is 4.09. The second kappa shape index (κ2) is 8.08. The molecule has 0 bridgehead atoms. The number of methoxy groups -OCH3 is 1. The lowest BCUT2D eigenvalue weighted by molar-refractivity contribution is 0.184. The fraction of sp³-hybridized carbons (Fsp3) is 0.150. The highest BCUT2D eigenvalue weighted by atomic mass is 35.5. The largest absolute Gasteiger partial charge is 0.397 e. The molecule has 0 unspecified atom stereocenters. The molecular weight excluding hydrogens is 348 g/mol. The van der Waals surface area contributed by atoms with Crippen molar-refractivity contribution in [1.29, 1.82) is 0 Å². The molecule has 3 rings (SSSR count). The van der Waals surface area contributed by atoms with Crippen LogP contribution in [-0.2, 0) is 11.3 Å². The quantitative estimate of drug-likeness (QED) is 0.693. The molecule has 0 atom stereocenters. The number of halogens is 1. The minimum atomic E-state index is 0.385. The second-order valence-corrected chi connectivity index (χ2v) is 6.16. The molecule has 0 aliphatic rings. The Labute approximate surface area is 157 Å². The lowest BCUT2D eigenvalue weighted by Gasteiger charge is -2.08. The van der Waals surface area contributed by atoms with Crippen LogP contribution in [0.25, 0.3) is 22.0 Å². The number of hydrogen-bond acceptors (Lipinski definition) is 4. The number of nitrogen functional groups attached to an aromatic ring is 1. The predicted octanol–water partition coefficient (Wildman–Crippen LogP) is 3.80. The Hall–Kier alpha value is -2.76. The average Bonchev–Trinajstić information content (AvgIpc) is 3.03.